The highest BCUT2D eigenvalue weighted by molar-refractivity contribution is 8.03. The quantitative estimate of drug-likeness (QED) is 0.0818. The summed E-state index contributed by atoms with van der Waals surface area (Å²) in [6, 6.07) is 0. The second-order valence-electron chi connectivity index (χ2n) is 6.55. The molecule has 0 amide bonds. The van der Waals surface area contributed by atoms with Crippen LogP contribution in [-0.2, 0) is 26.6 Å². The lowest BCUT2D eigenvalue weighted by atomic mass is 10.2. The molecule has 0 atom stereocenters. The molecule has 0 aromatic heterocycles. The maximum atomic E-state index is 5.98. The van der Waals surface area contributed by atoms with Gasteiger partial charge in [-0.05, 0) is 54.4 Å². The summed E-state index contributed by atoms with van der Waals surface area (Å²) in [6.45, 7) is 14.4. The molecule has 0 fully saturated rings. The predicted molar refractivity (Wildman–Crippen MR) is 141 cm³/mol. The first kappa shape index (κ1) is 31.6. The lowest BCUT2D eigenvalue weighted by molar-refractivity contribution is 0.0639. The highest BCUT2D eigenvalue weighted by atomic mass is 32.2. The zero-order valence-corrected chi connectivity index (χ0v) is 24.9. The average molecular weight is 539 g/mol. The van der Waals surface area contributed by atoms with Crippen LogP contribution in [0.15, 0.2) is 0 Å². The van der Waals surface area contributed by atoms with E-state index >= 15 is 0 Å². The van der Waals surface area contributed by atoms with E-state index in [-0.39, 0.29) is 0 Å². The van der Waals surface area contributed by atoms with Crippen molar-refractivity contribution >= 4 is 68.1 Å². The van der Waals surface area contributed by atoms with Gasteiger partial charge in [-0.3, -0.25) is 0 Å². The summed E-state index contributed by atoms with van der Waals surface area (Å²) < 4.78 is 34.3. The van der Waals surface area contributed by atoms with Crippen LogP contribution in [-0.4, -0.2) is 64.7 Å². The van der Waals surface area contributed by atoms with Crippen molar-refractivity contribution in [3.63, 3.8) is 0 Å². The zero-order chi connectivity index (χ0) is 23.3. The first-order chi connectivity index (χ1) is 14.1. The summed E-state index contributed by atoms with van der Waals surface area (Å²) in [5, 5.41) is 0. The number of hydrogen-bond donors (Lipinski definition) is 4. The molecule has 0 heterocycles. The number of rotatable bonds is 19. The van der Waals surface area contributed by atoms with Gasteiger partial charge in [0.15, 0.2) is 0 Å². The van der Waals surface area contributed by atoms with Crippen LogP contribution in [0, 0.1) is 0 Å². The second-order valence-corrected chi connectivity index (χ2v) is 17.7. The van der Waals surface area contributed by atoms with E-state index < -0.39 is 25.0 Å². The normalized spacial score (nSPS) is 13.8. The van der Waals surface area contributed by atoms with Gasteiger partial charge in [-0.25, -0.2) is 0 Å². The summed E-state index contributed by atoms with van der Waals surface area (Å²) in [6.07, 6.45) is 2.92. The van der Waals surface area contributed by atoms with E-state index in [0.717, 1.165) is 12.8 Å². The molecule has 0 aromatic carbocycles. The van der Waals surface area contributed by atoms with E-state index in [2.05, 4.69) is 0 Å². The molecular formula is C18H42O6S4Si2. The molecule has 0 N–H and O–H groups in total. The largest absolute Gasteiger partial charge is 0.527 e. The SMILES string of the molecule is CCO[Si](OCC)(OCC)C(S)(S)CCCCC(S)(S)[Si](OCC)(OCC)OCC. The molecule has 0 saturated heterocycles. The molecule has 12 heteroatoms. The van der Waals surface area contributed by atoms with Gasteiger partial charge in [-0.15, -0.1) is 0 Å². The van der Waals surface area contributed by atoms with E-state index in [4.69, 9.17) is 77.1 Å². The van der Waals surface area contributed by atoms with Gasteiger partial charge in [-0.1, -0.05) is 12.8 Å². The second kappa shape index (κ2) is 15.5. The van der Waals surface area contributed by atoms with E-state index in [1.165, 1.54) is 0 Å². The van der Waals surface area contributed by atoms with Crippen molar-refractivity contribution < 1.29 is 26.6 Å². The van der Waals surface area contributed by atoms with E-state index in [1.807, 2.05) is 41.5 Å². The molecule has 0 rings (SSSR count). The molecule has 0 radical (unpaired) electrons. The summed E-state index contributed by atoms with van der Waals surface area (Å²) in [7, 11) is -6.14. The van der Waals surface area contributed by atoms with Crippen LogP contribution in [0.5, 0.6) is 0 Å². The Bertz CT molecular complexity index is 386. The average Bonchev–Trinajstić information content (AvgIpc) is 2.66. The summed E-state index contributed by atoms with van der Waals surface area (Å²) in [5.74, 6) is 0. The van der Waals surface area contributed by atoms with E-state index in [9.17, 15) is 0 Å². The van der Waals surface area contributed by atoms with Crippen molar-refractivity contribution in [2.45, 2.75) is 74.6 Å². The number of thiol groups is 4. The van der Waals surface area contributed by atoms with Crippen LogP contribution in [0.1, 0.15) is 67.2 Å². The van der Waals surface area contributed by atoms with Gasteiger partial charge < -0.3 is 26.6 Å². The van der Waals surface area contributed by atoms with Gasteiger partial charge in [-0.2, -0.15) is 50.5 Å². The lowest BCUT2D eigenvalue weighted by Gasteiger charge is -2.40. The fourth-order valence-electron chi connectivity index (χ4n) is 3.13. The standard InChI is InChI=1S/C18H42O6S4Si2/c1-7-19-29(20-8-2,21-9-3)17(25,26)15-13-14-16-18(27,28)30(22-10-4,23-11-5)24-12-6/h25-28H,7-16H2,1-6H3. The molecule has 0 bridgehead atoms. The molecule has 6 nitrogen and oxygen atoms in total. The highest BCUT2D eigenvalue weighted by Gasteiger charge is 2.58. The smallest absolute Gasteiger partial charge is 0.372 e. The van der Waals surface area contributed by atoms with Crippen molar-refractivity contribution in [1.82, 2.24) is 0 Å². The monoisotopic (exact) mass is 538 g/mol. The molecule has 0 aliphatic rings. The fourth-order valence-corrected chi connectivity index (χ4v) is 11.2. The van der Waals surface area contributed by atoms with Crippen LogP contribution in [0.2, 0.25) is 0 Å². The fraction of sp³-hybridized carbons (Fsp3) is 1.00. The summed E-state index contributed by atoms with van der Waals surface area (Å²) in [4.78, 5) is 0. The molecule has 0 aliphatic heterocycles. The third-order valence-electron chi connectivity index (χ3n) is 4.29. The maximum absolute atomic E-state index is 5.98. The Morgan fingerprint density at radius 1 is 0.467 bits per heavy atom. The summed E-state index contributed by atoms with van der Waals surface area (Å²) in [5.41, 5.74) is 0. The summed E-state index contributed by atoms with van der Waals surface area (Å²) >= 11 is 19.3. The molecule has 0 aliphatic carbocycles. The van der Waals surface area contributed by atoms with Crippen molar-refractivity contribution in [1.29, 1.82) is 0 Å². The third kappa shape index (κ3) is 8.75. The van der Waals surface area contributed by atoms with Gasteiger partial charge in [0.05, 0.1) is 0 Å². The number of hydrogen-bond acceptors (Lipinski definition) is 10. The molecule has 0 saturated carbocycles. The Morgan fingerprint density at radius 3 is 0.833 bits per heavy atom. The Hall–Kier alpha value is 1.59. The molecule has 0 aromatic rings. The Kier molecular flexibility index (Phi) is 16.3. The van der Waals surface area contributed by atoms with E-state index in [0.29, 0.717) is 52.5 Å². The van der Waals surface area contributed by atoms with Gasteiger partial charge in [0.1, 0.15) is 7.40 Å². The lowest BCUT2D eigenvalue weighted by Crippen LogP contribution is -2.60. The van der Waals surface area contributed by atoms with Crippen LogP contribution < -0.4 is 0 Å². The van der Waals surface area contributed by atoms with Crippen molar-refractivity contribution in [3.8, 4) is 0 Å². The van der Waals surface area contributed by atoms with Gasteiger partial charge in [0.2, 0.25) is 0 Å². The van der Waals surface area contributed by atoms with Crippen LogP contribution in [0.25, 0.3) is 0 Å². The topological polar surface area (TPSA) is 55.4 Å². The first-order valence-electron chi connectivity index (χ1n) is 10.8. The van der Waals surface area contributed by atoms with E-state index in [1.54, 1.807) is 0 Å². The Morgan fingerprint density at radius 2 is 0.667 bits per heavy atom. The first-order valence-corrected chi connectivity index (χ1v) is 16.0. The minimum absolute atomic E-state index is 0.483. The van der Waals surface area contributed by atoms with Gasteiger partial charge >= 0.3 is 17.6 Å². The van der Waals surface area contributed by atoms with Crippen LogP contribution >= 0.6 is 50.5 Å². The predicted octanol–water partition coefficient (Wildman–Crippen LogP) is 4.83. The van der Waals surface area contributed by atoms with Crippen LogP contribution in [0.4, 0.5) is 0 Å². The minimum atomic E-state index is -3.07. The molecule has 30 heavy (non-hydrogen) atoms. The van der Waals surface area contributed by atoms with Crippen molar-refractivity contribution in [3.05, 3.63) is 0 Å². The van der Waals surface area contributed by atoms with Gasteiger partial charge in [0, 0.05) is 39.6 Å². The van der Waals surface area contributed by atoms with Gasteiger partial charge in [0.25, 0.3) is 0 Å². The highest BCUT2D eigenvalue weighted by Crippen LogP contribution is 2.42. The van der Waals surface area contributed by atoms with Crippen molar-refractivity contribution in [2.75, 3.05) is 39.6 Å². The molecular weight excluding hydrogens is 497 g/mol. The zero-order valence-electron chi connectivity index (χ0n) is 19.3. The Labute approximate surface area is 208 Å². The molecule has 182 valence electrons. The third-order valence-corrected chi connectivity index (χ3v) is 14.9. The molecule has 0 unspecified atom stereocenters. The van der Waals surface area contributed by atoms with Crippen molar-refractivity contribution in [2.24, 2.45) is 0 Å². The van der Waals surface area contributed by atoms with Crippen LogP contribution in [0.3, 0.4) is 0 Å². The Balaban J connectivity index is 5.21. The maximum Gasteiger partial charge on any atom is 0.527 e. The number of unbranched alkanes of at least 4 members (excludes halogenated alkanes) is 1. The molecule has 0 spiro atoms. The minimum Gasteiger partial charge on any atom is -0.372 e.